The van der Waals surface area contributed by atoms with Crippen LogP contribution in [-0.4, -0.2) is 88.3 Å². The van der Waals surface area contributed by atoms with Crippen molar-refractivity contribution >= 4 is 35.6 Å². The first-order valence-electron chi connectivity index (χ1n) is 11.1. The van der Waals surface area contributed by atoms with Gasteiger partial charge in [-0.2, -0.15) is 0 Å². The fraction of sp³-hybridized carbons (Fsp3) is 0.700. The number of nitrogens with zero attached hydrogens (tertiary/aromatic N) is 1. The number of hydrogen-bond donors (Lipinski definition) is 9. The van der Waals surface area contributed by atoms with E-state index >= 15 is 0 Å². The molecule has 0 aromatic rings. The molecule has 0 saturated heterocycles. The van der Waals surface area contributed by atoms with E-state index in [1.807, 2.05) is 0 Å². The van der Waals surface area contributed by atoms with Gasteiger partial charge in [-0.15, -0.1) is 0 Å². The Balaban J connectivity index is 5.52. The fourth-order valence-electron chi connectivity index (χ4n) is 2.89. The lowest BCUT2D eigenvalue weighted by Gasteiger charge is -2.25. The lowest BCUT2D eigenvalue weighted by molar-refractivity contribution is -0.143. The molecule has 12 N–H and O–H groups in total. The lowest BCUT2D eigenvalue weighted by Crippen LogP contribution is -2.57. The molecule has 0 aliphatic carbocycles. The van der Waals surface area contributed by atoms with Crippen molar-refractivity contribution in [2.75, 3.05) is 13.2 Å². The first-order chi connectivity index (χ1) is 16.3. The summed E-state index contributed by atoms with van der Waals surface area (Å²) >= 11 is 0. The molecule has 0 aliphatic rings. The molecule has 35 heavy (non-hydrogen) atoms. The zero-order chi connectivity index (χ0) is 27.1. The number of hydrogen-bond acceptors (Lipinski definition) is 8. The quantitative estimate of drug-likeness (QED) is 0.0541. The maximum atomic E-state index is 13.0. The predicted molar refractivity (Wildman–Crippen MR) is 125 cm³/mol. The first kappa shape index (κ1) is 31.5. The van der Waals surface area contributed by atoms with E-state index in [1.54, 1.807) is 13.8 Å². The van der Waals surface area contributed by atoms with Crippen molar-refractivity contribution in [2.45, 2.75) is 70.1 Å². The molecule has 0 saturated carbocycles. The van der Waals surface area contributed by atoms with Crippen molar-refractivity contribution in [1.82, 2.24) is 16.0 Å². The number of carbonyl (C=O) groups excluding carboxylic acids is 3. The van der Waals surface area contributed by atoms with Crippen LogP contribution in [0.15, 0.2) is 4.99 Å². The minimum atomic E-state index is -1.56. The summed E-state index contributed by atoms with van der Waals surface area (Å²) in [5.41, 5.74) is 16.3. The molecule has 0 fully saturated rings. The molecule has 3 amide bonds. The standard InChI is InChI=1S/C20H37N7O8/c1-10(2)8-13(18(33)27-14(9-28)19(34)35)26-17(32)12(4-3-7-24-20(22)23)25-16(31)11(21)5-6-15(29)30/h10-14,28H,3-9,21H2,1-2H3,(H,25,31)(H,26,32)(H,27,33)(H,29,30)(H,34,35)(H4,22,23,24). The Hall–Kier alpha value is -3.46. The van der Waals surface area contributed by atoms with Crippen LogP contribution < -0.4 is 33.2 Å². The summed E-state index contributed by atoms with van der Waals surface area (Å²) in [6, 6.07) is -5.07. The van der Waals surface area contributed by atoms with Gasteiger partial charge in [-0.05, 0) is 31.6 Å². The molecule has 200 valence electrons. The minimum Gasteiger partial charge on any atom is -0.481 e. The summed E-state index contributed by atoms with van der Waals surface area (Å²) < 4.78 is 0. The van der Waals surface area contributed by atoms with Gasteiger partial charge in [0.15, 0.2) is 5.96 Å². The maximum absolute atomic E-state index is 13.0. The van der Waals surface area contributed by atoms with Crippen LogP contribution in [0.2, 0.25) is 0 Å². The third kappa shape index (κ3) is 13.7. The van der Waals surface area contributed by atoms with Crippen molar-refractivity contribution in [1.29, 1.82) is 0 Å². The molecule has 0 aliphatic heterocycles. The second-order valence-electron chi connectivity index (χ2n) is 8.32. The minimum absolute atomic E-state index is 0.0599. The molecule has 15 nitrogen and oxygen atoms in total. The summed E-state index contributed by atoms with van der Waals surface area (Å²) in [5, 5.41) is 34.1. The Labute approximate surface area is 202 Å². The SMILES string of the molecule is CC(C)CC(NC(=O)C(CCCN=C(N)N)NC(=O)C(N)CCC(=O)O)C(=O)NC(CO)C(=O)O. The molecule has 0 rings (SSSR count). The van der Waals surface area contributed by atoms with E-state index in [0.717, 1.165) is 0 Å². The van der Waals surface area contributed by atoms with Gasteiger partial charge in [0.05, 0.1) is 12.6 Å². The number of nitrogens with one attached hydrogen (secondary N) is 3. The molecule has 0 heterocycles. The van der Waals surface area contributed by atoms with Crippen molar-refractivity contribution in [2.24, 2.45) is 28.1 Å². The molecular weight excluding hydrogens is 466 g/mol. The average molecular weight is 504 g/mol. The lowest BCUT2D eigenvalue weighted by atomic mass is 10.0. The van der Waals surface area contributed by atoms with Crippen LogP contribution in [0.4, 0.5) is 0 Å². The summed E-state index contributed by atoms with van der Waals surface area (Å²) in [6.45, 7) is 2.87. The number of guanidine groups is 1. The van der Waals surface area contributed by atoms with E-state index in [2.05, 4.69) is 20.9 Å². The number of aliphatic hydroxyl groups is 1. The maximum Gasteiger partial charge on any atom is 0.328 e. The van der Waals surface area contributed by atoms with Gasteiger partial charge in [0.1, 0.15) is 18.1 Å². The molecule has 0 radical (unpaired) electrons. The second kappa shape index (κ2) is 16.2. The largest absolute Gasteiger partial charge is 0.481 e. The predicted octanol–water partition coefficient (Wildman–Crippen LogP) is -3.19. The van der Waals surface area contributed by atoms with Crippen LogP contribution in [0.1, 0.15) is 46.0 Å². The molecule has 4 unspecified atom stereocenters. The van der Waals surface area contributed by atoms with Crippen molar-refractivity contribution in [3.8, 4) is 0 Å². The fourth-order valence-corrected chi connectivity index (χ4v) is 2.89. The average Bonchev–Trinajstić information content (AvgIpc) is 2.75. The molecular formula is C20H37N7O8. The monoisotopic (exact) mass is 503 g/mol. The molecule has 4 atom stereocenters. The zero-order valence-electron chi connectivity index (χ0n) is 19.9. The van der Waals surface area contributed by atoms with E-state index in [4.69, 9.17) is 32.5 Å². The van der Waals surface area contributed by atoms with Gasteiger partial charge in [-0.25, -0.2) is 4.79 Å². The van der Waals surface area contributed by atoms with Crippen LogP contribution in [-0.2, 0) is 24.0 Å². The number of carboxylic acid groups (broad SMARTS) is 2. The van der Waals surface area contributed by atoms with Crippen molar-refractivity contribution in [3.05, 3.63) is 0 Å². The van der Waals surface area contributed by atoms with E-state index < -0.39 is 60.4 Å². The number of aliphatic hydroxyl groups excluding tert-OH is 1. The number of amides is 3. The number of rotatable bonds is 17. The Morgan fingerprint density at radius 2 is 1.40 bits per heavy atom. The Kier molecular flexibility index (Phi) is 14.6. The Morgan fingerprint density at radius 1 is 0.857 bits per heavy atom. The molecule has 0 spiro atoms. The van der Waals surface area contributed by atoms with Crippen LogP contribution in [0.3, 0.4) is 0 Å². The van der Waals surface area contributed by atoms with Gasteiger partial charge >= 0.3 is 11.9 Å². The Morgan fingerprint density at radius 3 is 1.89 bits per heavy atom. The number of aliphatic carboxylic acids is 2. The molecule has 15 heteroatoms. The van der Waals surface area contributed by atoms with Gasteiger partial charge in [0.25, 0.3) is 0 Å². The van der Waals surface area contributed by atoms with E-state index in [0.29, 0.717) is 0 Å². The topological polar surface area (TPSA) is 273 Å². The summed E-state index contributed by atoms with van der Waals surface area (Å²) in [7, 11) is 0. The van der Waals surface area contributed by atoms with Gasteiger partial charge < -0.3 is 48.5 Å². The van der Waals surface area contributed by atoms with Crippen LogP contribution in [0.25, 0.3) is 0 Å². The van der Waals surface area contributed by atoms with Gasteiger partial charge in [-0.1, -0.05) is 13.8 Å². The highest BCUT2D eigenvalue weighted by molar-refractivity contribution is 5.94. The summed E-state index contributed by atoms with van der Waals surface area (Å²) in [4.78, 5) is 63.7. The highest BCUT2D eigenvalue weighted by atomic mass is 16.4. The summed E-state index contributed by atoms with van der Waals surface area (Å²) in [6.07, 6.45) is -0.0262. The molecule has 0 bridgehead atoms. The summed E-state index contributed by atoms with van der Waals surface area (Å²) in [5.74, 6) is -5.15. The number of carboxylic acids is 2. The molecule has 0 aromatic carbocycles. The number of aliphatic imine (C=N–C) groups is 1. The third-order valence-corrected chi connectivity index (χ3v) is 4.72. The van der Waals surface area contributed by atoms with E-state index in [1.165, 1.54) is 0 Å². The van der Waals surface area contributed by atoms with Gasteiger partial charge in [0.2, 0.25) is 17.7 Å². The number of carbonyl (C=O) groups is 5. The second-order valence-corrected chi connectivity index (χ2v) is 8.32. The zero-order valence-corrected chi connectivity index (χ0v) is 19.9. The highest BCUT2D eigenvalue weighted by Crippen LogP contribution is 2.08. The van der Waals surface area contributed by atoms with Crippen LogP contribution >= 0.6 is 0 Å². The van der Waals surface area contributed by atoms with Gasteiger partial charge in [0, 0.05) is 13.0 Å². The van der Waals surface area contributed by atoms with E-state index in [9.17, 15) is 24.0 Å². The smallest absolute Gasteiger partial charge is 0.328 e. The third-order valence-electron chi connectivity index (χ3n) is 4.72. The number of nitrogens with two attached hydrogens (primary N) is 3. The highest BCUT2D eigenvalue weighted by Gasteiger charge is 2.30. The van der Waals surface area contributed by atoms with Crippen molar-refractivity contribution in [3.63, 3.8) is 0 Å². The normalized spacial score (nSPS) is 14.2. The van der Waals surface area contributed by atoms with Gasteiger partial charge in [-0.3, -0.25) is 24.2 Å². The van der Waals surface area contributed by atoms with Crippen LogP contribution in [0.5, 0.6) is 0 Å². The van der Waals surface area contributed by atoms with E-state index in [-0.39, 0.29) is 50.5 Å². The van der Waals surface area contributed by atoms with Crippen molar-refractivity contribution < 1.29 is 39.3 Å². The van der Waals surface area contributed by atoms with Crippen LogP contribution in [0, 0.1) is 5.92 Å². The Bertz CT molecular complexity index is 771. The molecule has 0 aromatic heterocycles. The first-order valence-corrected chi connectivity index (χ1v) is 11.1.